The number of benzene rings is 1. The maximum atomic E-state index is 11.9. The molecule has 1 saturated heterocycles. The van der Waals surface area contributed by atoms with E-state index in [0.717, 1.165) is 43.1 Å². The molecule has 2 N–H and O–H groups in total. The highest BCUT2D eigenvalue weighted by Crippen LogP contribution is 2.32. The lowest BCUT2D eigenvalue weighted by molar-refractivity contribution is -0.120. The summed E-state index contributed by atoms with van der Waals surface area (Å²) in [6.07, 6.45) is 1.53. The van der Waals surface area contributed by atoms with E-state index in [9.17, 15) is 4.79 Å². The van der Waals surface area contributed by atoms with Crippen LogP contribution >= 0.6 is 0 Å². The molecule has 1 amide bonds. The molecule has 1 aromatic carbocycles. The molecule has 1 fully saturated rings. The molecule has 2 aliphatic heterocycles. The summed E-state index contributed by atoms with van der Waals surface area (Å²) in [5.41, 5.74) is 0.950. The van der Waals surface area contributed by atoms with E-state index in [-0.39, 0.29) is 12.7 Å². The Labute approximate surface area is 112 Å². The first kappa shape index (κ1) is 12.3. The Morgan fingerprint density at radius 1 is 1.37 bits per heavy atom. The van der Waals surface area contributed by atoms with Crippen LogP contribution < -0.4 is 20.1 Å². The predicted octanol–water partition coefficient (Wildman–Crippen LogP) is 0.683. The number of nitrogens with one attached hydrogen (secondary N) is 2. The Balaban J connectivity index is 1.51. The van der Waals surface area contributed by atoms with Crippen LogP contribution in [-0.4, -0.2) is 32.3 Å². The maximum absolute atomic E-state index is 11.9. The number of rotatable bonds is 4. The molecule has 5 nitrogen and oxygen atoms in total. The smallest absolute Gasteiger partial charge is 0.231 e. The second-order valence-electron chi connectivity index (χ2n) is 5.03. The number of carbonyl (C=O) groups is 1. The molecule has 0 saturated carbocycles. The zero-order chi connectivity index (χ0) is 13.1. The monoisotopic (exact) mass is 262 g/mol. The third-order valence-corrected chi connectivity index (χ3v) is 3.55. The molecule has 1 atom stereocenters. The van der Waals surface area contributed by atoms with Crippen LogP contribution in [0.25, 0.3) is 0 Å². The van der Waals surface area contributed by atoms with Gasteiger partial charge in [0.05, 0.1) is 6.42 Å². The molecule has 2 aliphatic rings. The van der Waals surface area contributed by atoms with Gasteiger partial charge in [-0.1, -0.05) is 6.07 Å². The van der Waals surface area contributed by atoms with Crippen molar-refractivity contribution >= 4 is 5.91 Å². The van der Waals surface area contributed by atoms with E-state index < -0.39 is 0 Å². The first-order valence-electron chi connectivity index (χ1n) is 6.67. The average molecular weight is 262 g/mol. The normalized spacial score (nSPS) is 20.5. The number of carbonyl (C=O) groups excluding carboxylic acids is 1. The summed E-state index contributed by atoms with van der Waals surface area (Å²) in [4.78, 5) is 11.9. The number of ether oxygens (including phenoxy) is 2. The van der Waals surface area contributed by atoms with Crippen LogP contribution in [0.1, 0.15) is 12.0 Å². The zero-order valence-corrected chi connectivity index (χ0v) is 10.8. The molecule has 0 bridgehead atoms. The van der Waals surface area contributed by atoms with E-state index in [2.05, 4.69) is 10.6 Å². The Morgan fingerprint density at radius 2 is 2.26 bits per heavy atom. The van der Waals surface area contributed by atoms with Crippen LogP contribution in [0.3, 0.4) is 0 Å². The summed E-state index contributed by atoms with van der Waals surface area (Å²) in [5, 5.41) is 6.28. The minimum Gasteiger partial charge on any atom is -0.454 e. The van der Waals surface area contributed by atoms with Crippen molar-refractivity contribution < 1.29 is 14.3 Å². The van der Waals surface area contributed by atoms with Gasteiger partial charge in [0.15, 0.2) is 11.5 Å². The summed E-state index contributed by atoms with van der Waals surface area (Å²) < 4.78 is 10.5. The van der Waals surface area contributed by atoms with Gasteiger partial charge >= 0.3 is 0 Å². The van der Waals surface area contributed by atoms with Gasteiger partial charge < -0.3 is 20.1 Å². The first-order valence-corrected chi connectivity index (χ1v) is 6.67. The van der Waals surface area contributed by atoms with Crippen LogP contribution in [-0.2, 0) is 11.2 Å². The van der Waals surface area contributed by atoms with Crippen LogP contribution in [0.5, 0.6) is 11.5 Å². The molecule has 3 rings (SSSR count). The predicted molar refractivity (Wildman–Crippen MR) is 70.3 cm³/mol. The number of hydrogen-bond acceptors (Lipinski definition) is 4. The molecule has 102 valence electrons. The Kier molecular flexibility index (Phi) is 3.55. The van der Waals surface area contributed by atoms with Gasteiger partial charge in [0.25, 0.3) is 0 Å². The Bertz CT molecular complexity index is 470. The van der Waals surface area contributed by atoms with Gasteiger partial charge in [0.2, 0.25) is 12.7 Å². The summed E-state index contributed by atoms with van der Waals surface area (Å²) in [6, 6.07) is 5.63. The van der Waals surface area contributed by atoms with Crippen LogP contribution in [0.4, 0.5) is 0 Å². The van der Waals surface area contributed by atoms with Gasteiger partial charge in [-0.3, -0.25) is 4.79 Å². The standard InChI is InChI=1S/C14H18N2O3/c17-14(16-8-11-3-4-15-7-11)6-10-1-2-12-13(5-10)19-9-18-12/h1-2,5,11,15H,3-4,6-9H2,(H,16,17). The highest BCUT2D eigenvalue weighted by atomic mass is 16.7. The van der Waals surface area contributed by atoms with Crippen molar-refractivity contribution in [3.63, 3.8) is 0 Å². The second-order valence-corrected chi connectivity index (χ2v) is 5.03. The van der Waals surface area contributed by atoms with E-state index in [4.69, 9.17) is 9.47 Å². The maximum Gasteiger partial charge on any atom is 0.231 e. The quantitative estimate of drug-likeness (QED) is 0.838. The molecule has 19 heavy (non-hydrogen) atoms. The third-order valence-electron chi connectivity index (χ3n) is 3.55. The lowest BCUT2D eigenvalue weighted by Crippen LogP contribution is -2.31. The lowest BCUT2D eigenvalue weighted by Gasteiger charge is -2.10. The van der Waals surface area contributed by atoms with Crippen molar-refractivity contribution in [1.29, 1.82) is 0 Å². The number of amides is 1. The minimum atomic E-state index is 0.0609. The first-order chi connectivity index (χ1) is 9.31. The number of hydrogen-bond donors (Lipinski definition) is 2. The van der Waals surface area contributed by atoms with E-state index in [1.54, 1.807) is 0 Å². The Hall–Kier alpha value is -1.75. The molecule has 0 radical (unpaired) electrons. The fraction of sp³-hybridized carbons (Fsp3) is 0.500. The van der Waals surface area contributed by atoms with Crippen molar-refractivity contribution in [2.24, 2.45) is 5.92 Å². The summed E-state index contributed by atoms with van der Waals surface area (Å²) in [5.74, 6) is 2.11. The Morgan fingerprint density at radius 3 is 3.11 bits per heavy atom. The summed E-state index contributed by atoms with van der Waals surface area (Å²) in [7, 11) is 0. The van der Waals surface area contributed by atoms with Crippen LogP contribution in [0.2, 0.25) is 0 Å². The van der Waals surface area contributed by atoms with Crippen molar-refractivity contribution in [3.8, 4) is 11.5 Å². The molecule has 0 spiro atoms. The molecule has 5 heteroatoms. The molecule has 1 aromatic rings. The largest absolute Gasteiger partial charge is 0.454 e. The van der Waals surface area contributed by atoms with Crippen molar-refractivity contribution in [3.05, 3.63) is 23.8 Å². The zero-order valence-electron chi connectivity index (χ0n) is 10.8. The summed E-state index contributed by atoms with van der Waals surface area (Å²) in [6.45, 7) is 3.09. The van der Waals surface area contributed by atoms with Gasteiger partial charge in [0.1, 0.15) is 0 Å². The molecule has 1 unspecified atom stereocenters. The van der Waals surface area contributed by atoms with E-state index >= 15 is 0 Å². The minimum absolute atomic E-state index is 0.0609. The van der Waals surface area contributed by atoms with Gasteiger partial charge in [-0.2, -0.15) is 0 Å². The SMILES string of the molecule is O=C(Cc1ccc2c(c1)OCO2)NCC1CCNC1. The van der Waals surface area contributed by atoms with Gasteiger partial charge in [-0.05, 0) is 43.1 Å². The highest BCUT2D eigenvalue weighted by Gasteiger charge is 2.16. The van der Waals surface area contributed by atoms with E-state index in [1.807, 2.05) is 18.2 Å². The van der Waals surface area contributed by atoms with Crippen molar-refractivity contribution in [1.82, 2.24) is 10.6 Å². The highest BCUT2D eigenvalue weighted by molar-refractivity contribution is 5.78. The molecular formula is C14H18N2O3. The van der Waals surface area contributed by atoms with Gasteiger partial charge in [0, 0.05) is 6.54 Å². The second kappa shape index (κ2) is 5.48. The fourth-order valence-corrected chi connectivity index (χ4v) is 2.45. The van der Waals surface area contributed by atoms with Crippen molar-refractivity contribution in [2.75, 3.05) is 26.4 Å². The van der Waals surface area contributed by atoms with E-state index in [0.29, 0.717) is 12.3 Å². The fourth-order valence-electron chi connectivity index (χ4n) is 2.45. The summed E-state index contributed by atoms with van der Waals surface area (Å²) >= 11 is 0. The van der Waals surface area contributed by atoms with Crippen LogP contribution in [0, 0.1) is 5.92 Å². The van der Waals surface area contributed by atoms with Gasteiger partial charge in [-0.25, -0.2) is 0 Å². The third kappa shape index (κ3) is 2.98. The van der Waals surface area contributed by atoms with Gasteiger partial charge in [-0.15, -0.1) is 0 Å². The molecular weight excluding hydrogens is 244 g/mol. The molecule has 0 aromatic heterocycles. The molecule has 0 aliphatic carbocycles. The number of fused-ring (bicyclic) bond motifs is 1. The van der Waals surface area contributed by atoms with Crippen LogP contribution in [0.15, 0.2) is 18.2 Å². The van der Waals surface area contributed by atoms with Crippen molar-refractivity contribution in [2.45, 2.75) is 12.8 Å². The topological polar surface area (TPSA) is 59.6 Å². The lowest BCUT2D eigenvalue weighted by atomic mass is 10.1. The molecule has 2 heterocycles. The van der Waals surface area contributed by atoms with E-state index in [1.165, 1.54) is 0 Å². The average Bonchev–Trinajstić information content (AvgIpc) is 3.07.